The van der Waals surface area contributed by atoms with Crippen molar-refractivity contribution in [2.75, 3.05) is 13.1 Å². The topological polar surface area (TPSA) is 53.9 Å². The van der Waals surface area contributed by atoms with Crippen molar-refractivity contribution >= 4 is 11.6 Å². The third-order valence-corrected chi connectivity index (χ3v) is 6.20. The average Bonchev–Trinajstić information content (AvgIpc) is 3.04. The summed E-state index contributed by atoms with van der Waals surface area (Å²) in [6, 6.07) is 8.25. The van der Waals surface area contributed by atoms with Crippen molar-refractivity contribution in [2.24, 2.45) is 5.16 Å². The fraction of sp³-hybridized carbons (Fsp3) is 0.636. The molecule has 2 heterocycles. The molecule has 158 valence electrons. The van der Waals surface area contributed by atoms with Crippen LogP contribution in [0.15, 0.2) is 29.4 Å². The molecule has 1 unspecified atom stereocenters. The maximum absolute atomic E-state index is 13.0. The molecule has 1 spiro atoms. The number of hydrogen-bond donors (Lipinski definition) is 1. The van der Waals surface area contributed by atoms with Crippen LogP contribution >= 0.6 is 0 Å². The van der Waals surface area contributed by atoms with E-state index in [1.165, 1.54) is 11.1 Å². The number of rotatable bonds is 5. The van der Waals surface area contributed by atoms with Gasteiger partial charge in [0.25, 0.3) is 11.8 Å². The van der Waals surface area contributed by atoms with Gasteiger partial charge in [0, 0.05) is 38.4 Å². The molecule has 2 aliphatic heterocycles. The Kier molecular flexibility index (Phi) is 5.36. The standard InChI is InChI=1S/C22H29F2N3O2/c1-15(2)17-6-4-16(5-7-17)13-27-9-3-8-21(14-27)12-19(26-29-21)20(28)25-18-10-22(23,24)11-18/h4-7,15,18H,3,8-14H2,1-2H3,(H,25,28). The Morgan fingerprint density at radius 3 is 2.69 bits per heavy atom. The summed E-state index contributed by atoms with van der Waals surface area (Å²) in [5.74, 6) is -2.50. The van der Waals surface area contributed by atoms with E-state index >= 15 is 0 Å². The molecule has 0 aromatic heterocycles. The number of carbonyl (C=O) groups excluding carboxylic acids is 1. The summed E-state index contributed by atoms with van der Waals surface area (Å²) in [5, 5.41) is 6.68. The Balaban J connectivity index is 1.31. The summed E-state index contributed by atoms with van der Waals surface area (Å²) in [6.45, 7) is 6.90. The van der Waals surface area contributed by atoms with E-state index in [0.717, 1.165) is 25.9 Å². The zero-order valence-corrected chi connectivity index (χ0v) is 17.1. The predicted octanol–water partition coefficient (Wildman–Crippen LogP) is 3.83. The van der Waals surface area contributed by atoms with Crippen molar-refractivity contribution in [3.63, 3.8) is 0 Å². The van der Waals surface area contributed by atoms with Crippen LogP contribution in [-0.2, 0) is 16.2 Å². The van der Waals surface area contributed by atoms with Crippen molar-refractivity contribution in [1.82, 2.24) is 10.2 Å². The van der Waals surface area contributed by atoms with Crippen LogP contribution in [0, 0.1) is 0 Å². The molecule has 1 aromatic rings. The van der Waals surface area contributed by atoms with Gasteiger partial charge in [0.15, 0.2) is 5.60 Å². The minimum atomic E-state index is -2.65. The fourth-order valence-electron chi connectivity index (χ4n) is 4.49. The molecule has 1 saturated heterocycles. The highest BCUT2D eigenvalue weighted by atomic mass is 19.3. The number of hydrogen-bond acceptors (Lipinski definition) is 4. The van der Waals surface area contributed by atoms with Crippen LogP contribution in [-0.4, -0.2) is 47.2 Å². The van der Waals surface area contributed by atoms with Crippen LogP contribution < -0.4 is 5.32 Å². The van der Waals surface area contributed by atoms with Crippen LogP contribution in [0.4, 0.5) is 8.78 Å². The molecule has 1 atom stereocenters. The van der Waals surface area contributed by atoms with E-state index < -0.39 is 17.6 Å². The number of nitrogens with one attached hydrogen (secondary N) is 1. The number of alkyl halides is 2. The second-order valence-electron chi connectivity index (χ2n) is 9.13. The van der Waals surface area contributed by atoms with Crippen LogP contribution in [0.1, 0.15) is 63.0 Å². The summed E-state index contributed by atoms with van der Waals surface area (Å²) in [7, 11) is 0. The zero-order chi connectivity index (χ0) is 20.6. The van der Waals surface area contributed by atoms with E-state index in [1.807, 2.05) is 0 Å². The molecular weight excluding hydrogens is 376 g/mol. The number of piperidine rings is 1. The molecule has 4 rings (SSSR count). The van der Waals surface area contributed by atoms with Gasteiger partial charge in [-0.25, -0.2) is 8.78 Å². The normalized spacial score (nSPS) is 26.9. The van der Waals surface area contributed by atoms with Gasteiger partial charge in [0.1, 0.15) is 5.71 Å². The first-order valence-corrected chi connectivity index (χ1v) is 10.5. The van der Waals surface area contributed by atoms with Crippen molar-refractivity contribution in [1.29, 1.82) is 0 Å². The van der Waals surface area contributed by atoms with Gasteiger partial charge < -0.3 is 10.2 Å². The Hall–Kier alpha value is -2.02. The van der Waals surface area contributed by atoms with Gasteiger partial charge in [-0.1, -0.05) is 43.3 Å². The molecule has 7 heteroatoms. The number of carbonyl (C=O) groups is 1. The molecule has 1 amide bonds. The number of halogens is 2. The summed E-state index contributed by atoms with van der Waals surface area (Å²) >= 11 is 0. The van der Waals surface area contributed by atoms with E-state index in [2.05, 4.69) is 53.5 Å². The van der Waals surface area contributed by atoms with E-state index in [0.29, 0.717) is 24.6 Å². The third-order valence-electron chi connectivity index (χ3n) is 6.20. The van der Waals surface area contributed by atoms with E-state index in [4.69, 9.17) is 4.84 Å². The minimum Gasteiger partial charge on any atom is -0.387 e. The van der Waals surface area contributed by atoms with E-state index in [-0.39, 0.29) is 18.7 Å². The highest BCUT2D eigenvalue weighted by Crippen LogP contribution is 2.38. The quantitative estimate of drug-likeness (QED) is 0.810. The number of oxime groups is 1. The van der Waals surface area contributed by atoms with E-state index in [9.17, 15) is 13.6 Å². The molecule has 2 fully saturated rings. The third kappa shape index (κ3) is 4.60. The van der Waals surface area contributed by atoms with Crippen molar-refractivity contribution < 1.29 is 18.4 Å². The van der Waals surface area contributed by atoms with Crippen molar-refractivity contribution in [2.45, 2.75) is 76.0 Å². The first-order chi connectivity index (χ1) is 13.7. The lowest BCUT2D eigenvalue weighted by molar-refractivity contribution is -0.123. The lowest BCUT2D eigenvalue weighted by Gasteiger charge is -2.38. The monoisotopic (exact) mass is 405 g/mol. The maximum Gasteiger partial charge on any atom is 0.269 e. The predicted molar refractivity (Wildman–Crippen MR) is 107 cm³/mol. The largest absolute Gasteiger partial charge is 0.387 e. The van der Waals surface area contributed by atoms with Crippen LogP contribution in [0.2, 0.25) is 0 Å². The SMILES string of the molecule is CC(C)c1ccc(CN2CCCC3(CC(C(=O)NC4CC(F)(F)C4)=NO3)C2)cc1. The average molecular weight is 405 g/mol. The summed E-state index contributed by atoms with van der Waals surface area (Å²) in [6.07, 6.45) is 1.68. The molecule has 29 heavy (non-hydrogen) atoms. The molecule has 1 aliphatic carbocycles. The Bertz CT molecular complexity index is 786. The Labute approximate surface area is 170 Å². The second kappa shape index (κ2) is 7.67. The molecule has 0 bridgehead atoms. The molecule has 3 aliphatic rings. The fourth-order valence-corrected chi connectivity index (χ4v) is 4.49. The molecule has 0 radical (unpaired) electrons. The molecule has 1 N–H and O–H groups in total. The van der Waals surface area contributed by atoms with Gasteiger partial charge in [-0.3, -0.25) is 9.69 Å². The number of likely N-dealkylation sites (tertiary alicyclic amines) is 1. The minimum absolute atomic E-state index is 0.290. The smallest absolute Gasteiger partial charge is 0.269 e. The lowest BCUT2D eigenvalue weighted by Crippen LogP contribution is -2.53. The van der Waals surface area contributed by atoms with Crippen molar-refractivity contribution in [3.05, 3.63) is 35.4 Å². The molecular formula is C22H29F2N3O2. The molecule has 5 nitrogen and oxygen atoms in total. The summed E-state index contributed by atoms with van der Waals surface area (Å²) < 4.78 is 25.9. The van der Waals surface area contributed by atoms with Gasteiger partial charge in [-0.05, 0) is 36.4 Å². The summed E-state index contributed by atoms with van der Waals surface area (Å²) in [5.41, 5.74) is 2.43. The lowest BCUT2D eigenvalue weighted by atomic mass is 9.86. The molecule has 1 aromatic carbocycles. The molecule has 1 saturated carbocycles. The van der Waals surface area contributed by atoms with Crippen LogP contribution in [0.25, 0.3) is 0 Å². The van der Waals surface area contributed by atoms with Gasteiger partial charge in [-0.15, -0.1) is 0 Å². The highest BCUT2D eigenvalue weighted by molar-refractivity contribution is 6.39. The number of nitrogens with zero attached hydrogens (tertiary/aromatic N) is 2. The van der Waals surface area contributed by atoms with Crippen LogP contribution in [0.3, 0.4) is 0 Å². The first-order valence-electron chi connectivity index (χ1n) is 10.5. The maximum atomic E-state index is 13.0. The number of benzene rings is 1. The van der Waals surface area contributed by atoms with Gasteiger partial charge in [-0.2, -0.15) is 0 Å². The second-order valence-corrected chi connectivity index (χ2v) is 9.13. The van der Waals surface area contributed by atoms with Crippen LogP contribution in [0.5, 0.6) is 0 Å². The zero-order valence-electron chi connectivity index (χ0n) is 17.1. The van der Waals surface area contributed by atoms with Gasteiger partial charge in [0.05, 0.1) is 0 Å². The Morgan fingerprint density at radius 1 is 1.31 bits per heavy atom. The van der Waals surface area contributed by atoms with E-state index in [1.54, 1.807) is 0 Å². The first kappa shape index (κ1) is 20.3. The highest BCUT2D eigenvalue weighted by Gasteiger charge is 2.48. The van der Waals surface area contributed by atoms with Gasteiger partial charge in [0.2, 0.25) is 0 Å². The van der Waals surface area contributed by atoms with Crippen molar-refractivity contribution in [3.8, 4) is 0 Å². The summed E-state index contributed by atoms with van der Waals surface area (Å²) in [4.78, 5) is 20.5. The number of amides is 1. The Morgan fingerprint density at radius 2 is 2.03 bits per heavy atom. The van der Waals surface area contributed by atoms with Gasteiger partial charge >= 0.3 is 0 Å².